The van der Waals surface area contributed by atoms with Gasteiger partial charge in [-0.2, -0.15) is 5.10 Å². The minimum atomic E-state index is -0.559. The number of thiocarbonyl (C=S) groups is 1. The highest BCUT2D eigenvalue weighted by molar-refractivity contribution is 7.80. The monoisotopic (exact) mass is 284 g/mol. The number of benzene rings is 1. The summed E-state index contributed by atoms with van der Waals surface area (Å²) in [5.41, 5.74) is 7.74. The smallest absolute Gasteiger partial charge is 0.311 e. The van der Waals surface area contributed by atoms with Gasteiger partial charge >= 0.3 is 5.69 Å². The maximum Gasteiger partial charge on any atom is 0.311 e. The molecule has 9 heteroatoms. The molecule has 0 spiro atoms. The van der Waals surface area contributed by atoms with E-state index in [0.29, 0.717) is 11.3 Å². The predicted octanol–water partition coefficient (Wildman–Crippen LogP) is 0.779. The molecule has 3 N–H and O–H groups in total. The number of rotatable bonds is 5. The average molecular weight is 284 g/mol. The molecule has 102 valence electrons. The first-order valence-electron chi connectivity index (χ1n) is 4.98. The highest BCUT2D eigenvalue weighted by atomic mass is 32.1. The van der Waals surface area contributed by atoms with Crippen molar-refractivity contribution in [2.24, 2.45) is 10.8 Å². The number of hydrogen-bond acceptors (Lipinski definition) is 6. The van der Waals surface area contributed by atoms with Crippen molar-refractivity contribution in [1.29, 1.82) is 0 Å². The van der Waals surface area contributed by atoms with Gasteiger partial charge in [-0.1, -0.05) is 0 Å². The van der Waals surface area contributed by atoms with Crippen LogP contribution in [-0.4, -0.2) is 30.5 Å². The molecule has 8 nitrogen and oxygen atoms in total. The van der Waals surface area contributed by atoms with Gasteiger partial charge in [-0.05, 0) is 12.2 Å². The van der Waals surface area contributed by atoms with Crippen LogP contribution in [0.3, 0.4) is 0 Å². The van der Waals surface area contributed by atoms with Gasteiger partial charge < -0.3 is 15.2 Å². The second-order valence-corrected chi connectivity index (χ2v) is 3.70. The van der Waals surface area contributed by atoms with Crippen LogP contribution in [-0.2, 0) is 0 Å². The summed E-state index contributed by atoms with van der Waals surface area (Å²) in [6.07, 6.45) is 1.31. The van der Waals surface area contributed by atoms with Crippen LogP contribution in [0, 0.1) is 10.1 Å². The fourth-order valence-corrected chi connectivity index (χ4v) is 1.37. The van der Waals surface area contributed by atoms with Crippen LogP contribution in [0.4, 0.5) is 5.69 Å². The van der Waals surface area contributed by atoms with Crippen molar-refractivity contribution in [1.82, 2.24) is 5.43 Å². The summed E-state index contributed by atoms with van der Waals surface area (Å²) in [5.74, 6) is 0.470. The molecule has 1 aromatic carbocycles. The molecule has 0 bridgehead atoms. The Morgan fingerprint density at radius 3 is 2.58 bits per heavy atom. The molecule has 0 saturated heterocycles. The van der Waals surface area contributed by atoms with E-state index in [2.05, 4.69) is 22.7 Å². The SMILES string of the molecule is COc1cc(OC)c([N+](=O)[O-])cc1/C=N/NC(N)=S. The van der Waals surface area contributed by atoms with Crippen molar-refractivity contribution in [3.63, 3.8) is 0 Å². The molecular weight excluding hydrogens is 272 g/mol. The Morgan fingerprint density at radius 1 is 1.47 bits per heavy atom. The third-order valence-electron chi connectivity index (χ3n) is 2.11. The van der Waals surface area contributed by atoms with Gasteiger partial charge in [-0.3, -0.25) is 15.5 Å². The van der Waals surface area contributed by atoms with Crippen molar-refractivity contribution < 1.29 is 14.4 Å². The van der Waals surface area contributed by atoms with Gasteiger partial charge in [-0.25, -0.2) is 0 Å². The minimum absolute atomic E-state index is 0.0155. The first-order valence-corrected chi connectivity index (χ1v) is 5.39. The van der Waals surface area contributed by atoms with E-state index in [1.54, 1.807) is 0 Å². The number of hydrazone groups is 1. The lowest BCUT2D eigenvalue weighted by molar-refractivity contribution is -0.385. The van der Waals surface area contributed by atoms with E-state index in [1.165, 1.54) is 32.6 Å². The third kappa shape index (κ3) is 3.78. The summed E-state index contributed by atoms with van der Waals surface area (Å²) in [6, 6.07) is 2.68. The standard InChI is InChI=1S/C10H12N4O4S/c1-17-8-4-9(18-2)7(14(15)16)3-6(8)5-12-13-10(11)19/h3-5H,1-2H3,(H3,11,13,19)/b12-5+. The molecule has 19 heavy (non-hydrogen) atoms. The Labute approximate surface area is 114 Å². The lowest BCUT2D eigenvalue weighted by Gasteiger charge is -2.08. The number of nitrogens with zero attached hydrogens (tertiary/aromatic N) is 2. The van der Waals surface area contributed by atoms with Gasteiger partial charge in [0.25, 0.3) is 0 Å². The van der Waals surface area contributed by atoms with Crippen LogP contribution < -0.4 is 20.6 Å². The fraction of sp³-hybridized carbons (Fsp3) is 0.200. The number of hydrogen-bond donors (Lipinski definition) is 2. The van der Waals surface area contributed by atoms with Crippen LogP contribution in [0.25, 0.3) is 0 Å². The predicted molar refractivity (Wildman–Crippen MR) is 73.7 cm³/mol. The van der Waals surface area contributed by atoms with E-state index in [4.69, 9.17) is 15.2 Å². The number of ether oxygens (including phenoxy) is 2. The van der Waals surface area contributed by atoms with Crippen LogP contribution in [0.5, 0.6) is 11.5 Å². The lowest BCUT2D eigenvalue weighted by Crippen LogP contribution is -2.24. The highest BCUT2D eigenvalue weighted by Crippen LogP contribution is 2.33. The van der Waals surface area contributed by atoms with Gasteiger partial charge in [0.05, 0.1) is 25.4 Å². The average Bonchev–Trinajstić information content (AvgIpc) is 2.37. The van der Waals surface area contributed by atoms with Crippen molar-refractivity contribution in [2.75, 3.05) is 14.2 Å². The second kappa shape index (κ2) is 6.50. The van der Waals surface area contributed by atoms with E-state index >= 15 is 0 Å². The highest BCUT2D eigenvalue weighted by Gasteiger charge is 2.18. The Hall–Kier alpha value is -2.42. The second-order valence-electron chi connectivity index (χ2n) is 3.26. The van der Waals surface area contributed by atoms with Crippen molar-refractivity contribution in [3.05, 3.63) is 27.8 Å². The van der Waals surface area contributed by atoms with Gasteiger partial charge in [0.15, 0.2) is 5.11 Å². The number of nitro benzene ring substituents is 1. The summed E-state index contributed by atoms with van der Waals surface area (Å²) < 4.78 is 10.0. The molecule has 0 heterocycles. The molecule has 0 fully saturated rings. The third-order valence-corrected chi connectivity index (χ3v) is 2.20. The quantitative estimate of drug-likeness (QED) is 0.355. The largest absolute Gasteiger partial charge is 0.496 e. The van der Waals surface area contributed by atoms with E-state index in [1.807, 2.05) is 0 Å². The van der Waals surface area contributed by atoms with Gasteiger partial charge in [0, 0.05) is 17.7 Å². The fourth-order valence-electron chi connectivity index (χ4n) is 1.32. The Kier molecular flexibility index (Phi) is 5.01. The topological polar surface area (TPSA) is 112 Å². The molecule has 0 amide bonds. The van der Waals surface area contributed by atoms with E-state index in [-0.39, 0.29) is 16.5 Å². The van der Waals surface area contributed by atoms with E-state index < -0.39 is 4.92 Å². The molecule has 0 unspecified atom stereocenters. The van der Waals surface area contributed by atoms with Crippen molar-refractivity contribution >= 4 is 29.2 Å². The Balaban J connectivity index is 3.21. The summed E-state index contributed by atoms with van der Waals surface area (Å²) in [7, 11) is 2.77. The molecule has 1 aromatic rings. The number of nitrogens with one attached hydrogen (secondary N) is 1. The number of methoxy groups -OCH3 is 2. The Morgan fingerprint density at radius 2 is 2.11 bits per heavy atom. The lowest BCUT2D eigenvalue weighted by atomic mass is 10.1. The number of nitrogens with two attached hydrogens (primary N) is 1. The van der Waals surface area contributed by atoms with Gasteiger partial charge in [0.2, 0.25) is 5.75 Å². The van der Waals surface area contributed by atoms with Crippen LogP contribution >= 0.6 is 12.2 Å². The van der Waals surface area contributed by atoms with Crippen LogP contribution in [0.1, 0.15) is 5.56 Å². The zero-order chi connectivity index (χ0) is 14.4. The van der Waals surface area contributed by atoms with Crippen LogP contribution in [0.15, 0.2) is 17.2 Å². The normalized spacial score (nSPS) is 10.2. The maximum absolute atomic E-state index is 10.9. The molecular formula is C10H12N4O4S. The van der Waals surface area contributed by atoms with E-state index in [0.717, 1.165) is 0 Å². The molecule has 0 atom stereocenters. The Bertz CT molecular complexity index is 533. The van der Waals surface area contributed by atoms with Crippen molar-refractivity contribution in [2.45, 2.75) is 0 Å². The number of nitro groups is 1. The minimum Gasteiger partial charge on any atom is -0.496 e. The molecule has 0 saturated carbocycles. The zero-order valence-electron chi connectivity index (χ0n) is 10.2. The molecule has 0 aliphatic rings. The molecule has 0 aliphatic heterocycles. The van der Waals surface area contributed by atoms with Crippen molar-refractivity contribution in [3.8, 4) is 11.5 Å². The summed E-state index contributed by atoms with van der Waals surface area (Å²) in [5, 5.41) is 14.6. The molecule has 0 aliphatic carbocycles. The summed E-state index contributed by atoms with van der Waals surface area (Å²) >= 11 is 4.57. The van der Waals surface area contributed by atoms with Gasteiger partial charge in [-0.15, -0.1) is 0 Å². The maximum atomic E-state index is 10.9. The molecule has 1 rings (SSSR count). The summed E-state index contributed by atoms with van der Waals surface area (Å²) in [6.45, 7) is 0. The van der Waals surface area contributed by atoms with E-state index in [9.17, 15) is 10.1 Å². The van der Waals surface area contributed by atoms with Gasteiger partial charge in [0.1, 0.15) is 5.75 Å². The summed E-state index contributed by atoms with van der Waals surface area (Å²) in [4.78, 5) is 10.3. The molecule has 0 aromatic heterocycles. The first kappa shape index (κ1) is 14.6. The van der Waals surface area contributed by atoms with Crippen LogP contribution in [0.2, 0.25) is 0 Å². The zero-order valence-corrected chi connectivity index (χ0v) is 11.1. The first-order chi connectivity index (χ1) is 8.99. The molecule has 0 radical (unpaired) electrons.